The van der Waals surface area contributed by atoms with Gasteiger partial charge in [0.25, 0.3) is 5.91 Å². The normalized spacial score (nSPS) is 14.2. The van der Waals surface area contributed by atoms with Crippen LogP contribution < -0.4 is 61.4 Å². The third-order valence-electron chi connectivity index (χ3n) is 8.07. The van der Waals surface area contributed by atoms with E-state index in [9.17, 15) is 20.2 Å². The minimum atomic E-state index is -0.468. The Kier molecular flexibility index (Phi) is 17.9. The smallest absolute Gasteiger partial charge is 0.862 e. The molecule has 1 fully saturated rings. The van der Waals surface area contributed by atoms with E-state index in [2.05, 4.69) is 28.8 Å². The van der Waals surface area contributed by atoms with Crippen molar-refractivity contribution in [1.29, 1.82) is 0 Å². The van der Waals surface area contributed by atoms with Crippen molar-refractivity contribution >= 4 is 30.0 Å². The van der Waals surface area contributed by atoms with E-state index in [0.29, 0.717) is 41.9 Å². The summed E-state index contributed by atoms with van der Waals surface area (Å²) in [5, 5.41) is 33.9. The number of amides is 1. The van der Waals surface area contributed by atoms with Crippen molar-refractivity contribution in [3.63, 3.8) is 0 Å². The van der Waals surface area contributed by atoms with Crippen molar-refractivity contribution in [2.45, 2.75) is 79.1 Å². The van der Waals surface area contributed by atoms with Crippen molar-refractivity contribution in [1.82, 2.24) is 0 Å². The van der Waals surface area contributed by atoms with Crippen LogP contribution in [0.3, 0.4) is 0 Å². The number of phenolic OH excluding ortho intramolecular Hbond substituents is 1. The summed E-state index contributed by atoms with van der Waals surface area (Å²) in [4.78, 5) is 23.5. The molecular weight excluding hydrogens is 616 g/mol. The van der Waals surface area contributed by atoms with Crippen LogP contribution in [-0.4, -0.2) is 41.2 Å². The van der Waals surface area contributed by atoms with E-state index in [4.69, 9.17) is 0 Å². The number of oxime groups is 1. The van der Waals surface area contributed by atoms with E-state index >= 15 is 0 Å². The molecule has 3 aromatic rings. The zero-order chi connectivity index (χ0) is 33.5. The van der Waals surface area contributed by atoms with Crippen LogP contribution in [0.25, 0.3) is 11.1 Å². The number of allylic oxidation sites excluding steroid dienone is 1. The summed E-state index contributed by atoms with van der Waals surface area (Å²) in [6.07, 6.45) is 9.22. The predicted molar refractivity (Wildman–Crippen MR) is 187 cm³/mol. The number of aromatic hydroxyl groups is 1. The first-order valence-corrected chi connectivity index (χ1v) is 16.1. The molecule has 244 valence electrons. The van der Waals surface area contributed by atoms with Crippen LogP contribution in [-0.2, 0) is 11.2 Å². The molecule has 0 bridgehead atoms. The molecule has 0 unspecified atom stereocenters. The van der Waals surface area contributed by atoms with Crippen molar-refractivity contribution in [3.05, 3.63) is 95.2 Å². The zero-order valence-corrected chi connectivity index (χ0v) is 31.7. The van der Waals surface area contributed by atoms with Gasteiger partial charge in [0, 0.05) is 35.5 Å². The first kappa shape index (κ1) is 40.1. The number of aliphatic imine (C=N–C) groups is 2. The number of phenols is 1. The Hall–Kier alpha value is -3.08. The molecule has 47 heavy (non-hydrogen) atoms. The monoisotopic (exact) mass is 662 g/mol. The third kappa shape index (κ3) is 12.1. The summed E-state index contributed by atoms with van der Waals surface area (Å²) in [5.41, 5.74) is 4.91. The number of anilines is 1. The molecule has 0 aromatic heterocycles. The number of nitrogens with zero attached hydrogens (tertiary/aromatic N) is 4. The molecule has 3 aromatic carbocycles. The minimum Gasteiger partial charge on any atom is -0.862 e. The molecule has 1 saturated carbocycles. The van der Waals surface area contributed by atoms with Gasteiger partial charge in [0.05, 0.1) is 0 Å². The topological polar surface area (TPSA) is 121 Å². The number of likely N-dealkylation sites (N-methyl/N-ethyl adjacent to an activating group) is 1. The Labute approximate surface area is 322 Å². The molecular formula is C38H47KN4O4. The van der Waals surface area contributed by atoms with Crippen LogP contribution in [0.4, 0.5) is 5.69 Å². The maximum atomic E-state index is 13.8. The molecule has 4 rings (SSSR count). The number of rotatable bonds is 10. The van der Waals surface area contributed by atoms with Crippen molar-refractivity contribution in [2.24, 2.45) is 21.1 Å². The first-order chi connectivity index (χ1) is 22.2. The summed E-state index contributed by atoms with van der Waals surface area (Å²) in [6, 6.07) is 21.5. The summed E-state index contributed by atoms with van der Waals surface area (Å²) >= 11 is 0. The van der Waals surface area contributed by atoms with Crippen LogP contribution in [0.5, 0.6) is 5.75 Å². The fourth-order valence-electron chi connectivity index (χ4n) is 5.63. The number of carbonyl (C=O) groups excluding carboxylic acids is 1. The summed E-state index contributed by atoms with van der Waals surface area (Å²) in [5.74, 6) is 0.473. The summed E-state index contributed by atoms with van der Waals surface area (Å²) in [7, 11) is 0. The number of hydrogen-bond acceptors (Lipinski definition) is 6. The third-order valence-corrected chi connectivity index (χ3v) is 8.07. The number of hydrogen-bond donors (Lipinski definition) is 2. The van der Waals surface area contributed by atoms with Gasteiger partial charge in [-0.1, -0.05) is 106 Å². The van der Waals surface area contributed by atoms with Crippen LogP contribution in [0.2, 0.25) is 0 Å². The van der Waals surface area contributed by atoms with Crippen LogP contribution >= 0.6 is 0 Å². The molecule has 1 amide bonds. The quantitative estimate of drug-likeness (QED) is 0.0800. The van der Waals surface area contributed by atoms with Crippen molar-refractivity contribution < 1.29 is 71.6 Å². The maximum Gasteiger partial charge on any atom is 1.00 e. The molecule has 0 radical (unpaired) electrons. The average Bonchev–Trinajstić information content (AvgIpc) is 3.07. The summed E-state index contributed by atoms with van der Waals surface area (Å²) < 4.78 is 0. The Balaban J connectivity index is 0.000000848. The second-order valence-electron chi connectivity index (χ2n) is 11.6. The van der Waals surface area contributed by atoms with Gasteiger partial charge < -0.3 is 20.3 Å². The van der Waals surface area contributed by atoms with Gasteiger partial charge in [-0.25, -0.2) is 4.99 Å². The predicted octanol–water partition coefficient (Wildman–Crippen LogP) is 4.91. The Morgan fingerprint density at radius 3 is 2.13 bits per heavy atom. The van der Waals surface area contributed by atoms with Crippen molar-refractivity contribution in [2.75, 3.05) is 11.4 Å². The molecule has 2 N–H and O–H groups in total. The molecule has 9 heteroatoms. The number of amidine groups is 1. The number of benzene rings is 3. The van der Waals surface area contributed by atoms with Gasteiger partial charge in [-0.2, -0.15) is 0 Å². The molecule has 1 aliphatic rings. The SMILES string of the molecule is C=N/C(CCC)=C(/Cc1ccc(-c2ccccc2/C(N=C(C)[O-])=N/O)cc1)C(=O)N(CC)c1ccc(O)cc1.CC1CCCCC1.[K+]. The van der Waals surface area contributed by atoms with Crippen LogP contribution in [0, 0.1) is 5.92 Å². The van der Waals surface area contributed by atoms with Crippen LogP contribution in [0.1, 0.15) is 83.8 Å². The zero-order valence-electron chi connectivity index (χ0n) is 28.6. The summed E-state index contributed by atoms with van der Waals surface area (Å²) in [6.45, 7) is 11.8. The number of carbonyl (C=O) groups is 1. The minimum absolute atomic E-state index is 0. The Morgan fingerprint density at radius 1 is 0.979 bits per heavy atom. The van der Waals surface area contributed by atoms with Crippen LogP contribution in [0.15, 0.2) is 99.2 Å². The van der Waals surface area contributed by atoms with Gasteiger partial charge in [-0.05, 0) is 79.8 Å². The molecule has 0 heterocycles. The van der Waals surface area contributed by atoms with Gasteiger partial charge in [-0.15, -0.1) is 0 Å². The fraction of sp³-hybridized carbons (Fsp3) is 0.368. The van der Waals surface area contributed by atoms with Gasteiger partial charge >= 0.3 is 51.4 Å². The maximum absolute atomic E-state index is 13.8. The molecule has 1 aliphatic carbocycles. The van der Waals surface area contributed by atoms with E-state index in [1.165, 1.54) is 39.0 Å². The van der Waals surface area contributed by atoms with E-state index in [0.717, 1.165) is 29.0 Å². The van der Waals surface area contributed by atoms with Gasteiger partial charge in [0.15, 0.2) is 5.84 Å². The van der Waals surface area contributed by atoms with E-state index in [-0.39, 0.29) is 68.9 Å². The second kappa shape index (κ2) is 21.0. The standard InChI is InChI=1S/C31H34N4O4.C7H14.K/c1-5-9-29(32-4)28(31(38)35(6-2)24-16-18-25(37)19-17-24)20-22-12-14-23(15-13-22)26-10-7-8-11-27(26)30(34-39)33-21(3)36;1-7-5-3-2-4-6-7;/h7-8,10-19,37,39H,4-6,9,20H2,1-3H3,(H,33,34,36);7H,2-6H2,1H3;/q;;+1/p-1/b29-28-;;. The van der Waals surface area contributed by atoms with Gasteiger partial charge in [-0.3, -0.25) is 9.79 Å². The second-order valence-corrected chi connectivity index (χ2v) is 11.6. The Morgan fingerprint density at radius 2 is 1.62 bits per heavy atom. The van der Waals surface area contributed by atoms with Gasteiger partial charge in [0.1, 0.15) is 5.75 Å². The van der Waals surface area contributed by atoms with E-state index in [1.54, 1.807) is 41.3 Å². The molecule has 0 spiro atoms. The fourth-order valence-corrected chi connectivity index (χ4v) is 5.63. The van der Waals surface area contributed by atoms with Crippen molar-refractivity contribution in [3.8, 4) is 16.9 Å². The molecule has 8 nitrogen and oxygen atoms in total. The van der Waals surface area contributed by atoms with E-state index in [1.807, 2.05) is 50.2 Å². The Bertz CT molecular complexity index is 1520. The average molecular weight is 663 g/mol. The molecule has 0 aliphatic heterocycles. The molecule has 0 atom stereocenters. The molecule has 0 saturated heterocycles. The van der Waals surface area contributed by atoms with E-state index < -0.39 is 5.90 Å². The first-order valence-electron chi connectivity index (χ1n) is 16.1. The van der Waals surface area contributed by atoms with Gasteiger partial charge in [0.2, 0.25) is 0 Å². The largest absolute Gasteiger partial charge is 1.00 e.